The van der Waals surface area contributed by atoms with Crippen molar-refractivity contribution in [3.05, 3.63) is 64.7 Å². The van der Waals surface area contributed by atoms with Gasteiger partial charge < -0.3 is 10.6 Å². The Balaban J connectivity index is 1.32. The summed E-state index contributed by atoms with van der Waals surface area (Å²) < 4.78 is 28.6. The second-order valence-corrected chi connectivity index (χ2v) is 12.3. The Kier molecular flexibility index (Phi) is 7.35. The van der Waals surface area contributed by atoms with E-state index in [1.54, 1.807) is 16.4 Å². The summed E-state index contributed by atoms with van der Waals surface area (Å²) in [6.45, 7) is 5.44. The van der Waals surface area contributed by atoms with Crippen LogP contribution in [-0.2, 0) is 16.4 Å². The van der Waals surface area contributed by atoms with Crippen LogP contribution >= 0.6 is 11.6 Å². The van der Waals surface area contributed by atoms with E-state index in [1.807, 2.05) is 43.3 Å². The molecular weight excluding hydrogens is 496 g/mol. The third kappa shape index (κ3) is 5.44. The van der Waals surface area contributed by atoms with Crippen LogP contribution < -0.4 is 5.73 Å². The first-order valence-corrected chi connectivity index (χ1v) is 14.3. The largest absolute Gasteiger partial charge is 0.385 e. The van der Waals surface area contributed by atoms with Crippen LogP contribution in [0.25, 0.3) is 0 Å². The van der Waals surface area contributed by atoms with E-state index in [1.165, 1.54) is 0 Å². The lowest BCUT2D eigenvalue weighted by atomic mass is 9.96. The maximum atomic E-state index is 13.5. The lowest BCUT2D eigenvalue weighted by molar-refractivity contribution is 0.0478. The Morgan fingerprint density at radius 2 is 1.67 bits per heavy atom. The van der Waals surface area contributed by atoms with E-state index in [0.29, 0.717) is 47.9 Å². The first kappa shape index (κ1) is 25.2. The molecule has 0 radical (unpaired) electrons. The van der Waals surface area contributed by atoms with E-state index in [-0.39, 0.29) is 6.04 Å². The fourth-order valence-corrected chi connectivity index (χ4v) is 7.05. The molecule has 2 aromatic rings. The Labute approximate surface area is 218 Å². The molecule has 2 fully saturated rings. The number of likely N-dealkylation sites (tertiary alicyclic amines) is 1. The van der Waals surface area contributed by atoms with Gasteiger partial charge in [0.2, 0.25) is 10.0 Å². The van der Waals surface area contributed by atoms with Gasteiger partial charge in [0.05, 0.1) is 11.3 Å². The fourth-order valence-electron chi connectivity index (χ4n) is 5.46. The van der Waals surface area contributed by atoms with Gasteiger partial charge in [0.1, 0.15) is 11.7 Å². The van der Waals surface area contributed by atoms with E-state index in [9.17, 15) is 8.42 Å². The van der Waals surface area contributed by atoms with Crippen LogP contribution in [0.2, 0.25) is 5.02 Å². The van der Waals surface area contributed by atoms with E-state index in [0.717, 1.165) is 49.3 Å². The molecule has 1 unspecified atom stereocenters. The molecule has 0 aliphatic carbocycles. The minimum absolute atomic E-state index is 0.0829. The summed E-state index contributed by atoms with van der Waals surface area (Å²) >= 11 is 6.12. The summed E-state index contributed by atoms with van der Waals surface area (Å²) in [6.07, 6.45) is 3.40. The third-order valence-corrected chi connectivity index (χ3v) is 9.60. The summed E-state index contributed by atoms with van der Waals surface area (Å²) in [5, 5.41) is 8.92. The van der Waals surface area contributed by atoms with Crippen LogP contribution in [0.5, 0.6) is 0 Å². The van der Waals surface area contributed by atoms with Crippen molar-refractivity contribution in [2.24, 2.45) is 15.9 Å². The highest BCUT2D eigenvalue weighted by Crippen LogP contribution is 2.28. The van der Waals surface area contributed by atoms with Crippen LogP contribution in [-0.4, -0.2) is 79.0 Å². The van der Waals surface area contributed by atoms with Crippen molar-refractivity contribution in [1.29, 1.82) is 0 Å². The van der Waals surface area contributed by atoms with Gasteiger partial charge in [-0.25, -0.2) is 8.42 Å². The molecule has 0 amide bonds. The van der Waals surface area contributed by atoms with Crippen molar-refractivity contribution < 1.29 is 8.42 Å². The maximum absolute atomic E-state index is 13.5. The van der Waals surface area contributed by atoms with E-state index in [4.69, 9.17) is 17.3 Å². The minimum Gasteiger partial charge on any atom is -0.385 e. The quantitative estimate of drug-likeness (QED) is 0.643. The smallest absolute Gasteiger partial charge is 0.243 e. The van der Waals surface area contributed by atoms with E-state index in [2.05, 4.69) is 20.0 Å². The number of nitrogens with zero attached hydrogens (tertiary/aromatic N) is 5. The molecule has 3 heterocycles. The van der Waals surface area contributed by atoms with Crippen molar-refractivity contribution in [2.75, 3.05) is 32.7 Å². The predicted octanol–water partition coefficient (Wildman–Crippen LogP) is 3.10. The second-order valence-electron chi connectivity index (χ2n) is 9.90. The zero-order valence-corrected chi connectivity index (χ0v) is 22.1. The lowest BCUT2D eigenvalue weighted by Gasteiger charge is -2.47. The molecule has 2 saturated heterocycles. The van der Waals surface area contributed by atoms with Gasteiger partial charge in [-0.2, -0.15) is 4.31 Å². The number of piperazine rings is 1. The number of nitrogens with two attached hydrogens (primary N) is 1. The first-order chi connectivity index (χ1) is 17.3. The number of sulfonamides is 1. The zero-order valence-electron chi connectivity index (χ0n) is 20.6. The number of benzene rings is 2. The molecular formula is C26H33ClN6O2S. The van der Waals surface area contributed by atoms with E-state index >= 15 is 0 Å². The second kappa shape index (κ2) is 10.5. The Hall–Kier alpha value is -2.46. The van der Waals surface area contributed by atoms with Crippen LogP contribution in [0.4, 0.5) is 0 Å². The molecule has 8 nitrogen and oxygen atoms in total. The van der Waals surface area contributed by atoms with Gasteiger partial charge >= 0.3 is 0 Å². The van der Waals surface area contributed by atoms with Crippen LogP contribution in [0, 0.1) is 6.92 Å². The SMILES string of the molecule is Cc1ccc(S(=O)(=O)N2CCN(C3CCN(C4=NN=C(N)C4)CC3)C(Cc3ccc(Cl)cc3)C2)cc1. The normalized spacial score (nSPS) is 22.5. The minimum atomic E-state index is -3.55. The summed E-state index contributed by atoms with van der Waals surface area (Å²) in [4.78, 5) is 5.18. The molecule has 10 heteroatoms. The standard InChI is InChI=1S/C26H33ClN6O2S/c1-19-2-8-24(9-3-19)36(34,35)32-14-15-33(23(18-32)16-20-4-6-21(27)7-5-20)22-10-12-31(13-11-22)26-17-25(28)29-30-26/h2-9,22-23H,10-18H2,1H3,(H2,28,29). The van der Waals surface area contributed by atoms with Gasteiger partial charge in [-0.1, -0.05) is 41.4 Å². The molecule has 192 valence electrons. The van der Waals surface area contributed by atoms with Gasteiger partial charge in [-0.3, -0.25) is 4.90 Å². The fraction of sp³-hybridized carbons (Fsp3) is 0.462. The Bertz CT molecular complexity index is 1240. The first-order valence-electron chi connectivity index (χ1n) is 12.5. The molecule has 2 aromatic carbocycles. The molecule has 36 heavy (non-hydrogen) atoms. The molecule has 3 aliphatic heterocycles. The molecule has 0 saturated carbocycles. The Morgan fingerprint density at radius 3 is 2.31 bits per heavy atom. The number of rotatable bonds is 5. The molecule has 1 atom stereocenters. The average Bonchev–Trinajstić information content (AvgIpc) is 3.32. The summed E-state index contributed by atoms with van der Waals surface area (Å²) in [6, 6.07) is 15.5. The molecule has 0 bridgehead atoms. The third-order valence-electron chi connectivity index (χ3n) is 7.47. The molecule has 2 N–H and O–H groups in total. The van der Waals surface area contributed by atoms with Crippen LogP contribution in [0.15, 0.2) is 63.6 Å². The highest BCUT2D eigenvalue weighted by molar-refractivity contribution is 7.89. The van der Waals surface area contributed by atoms with Crippen molar-refractivity contribution >= 4 is 33.3 Å². The Morgan fingerprint density at radius 1 is 0.972 bits per heavy atom. The number of aryl methyl sites for hydroxylation is 1. The number of amidine groups is 2. The van der Waals surface area contributed by atoms with Crippen LogP contribution in [0.3, 0.4) is 0 Å². The topological polar surface area (TPSA) is 94.6 Å². The van der Waals surface area contributed by atoms with Crippen molar-refractivity contribution in [2.45, 2.75) is 49.6 Å². The summed E-state index contributed by atoms with van der Waals surface area (Å²) in [5.41, 5.74) is 8.02. The van der Waals surface area contributed by atoms with Crippen molar-refractivity contribution in [3.63, 3.8) is 0 Å². The van der Waals surface area contributed by atoms with Crippen molar-refractivity contribution in [3.8, 4) is 0 Å². The van der Waals surface area contributed by atoms with Gasteiger partial charge in [0.15, 0.2) is 0 Å². The predicted molar refractivity (Wildman–Crippen MR) is 144 cm³/mol. The van der Waals surface area contributed by atoms with E-state index < -0.39 is 10.0 Å². The lowest BCUT2D eigenvalue weighted by Crippen LogP contribution is -2.60. The van der Waals surface area contributed by atoms with Gasteiger partial charge in [0, 0.05) is 49.8 Å². The summed E-state index contributed by atoms with van der Waals surface area (Å²) in [7, 11) is -3.55. The average molecular weight is 529 g/mol. The number of halogens is 1. The number of hydrogen-bond donors (Lipinski definition) is 1. The van der Waals surface area contributed by atoms with Gasteiger partial charge in [-0.15, -0.1) is 10.2 Å². The van der Waals surface area contributed by atoms with Crippen LogP contribution in [0.1, 0.15) is 30.4 Å². The molecule has 0 spiro atoms. The highest BCUT2D eigenvalue weighted by atomic mass is 35.5. The monoisotopic (exact) mass is 528 g/mol. The van der Waals surface area contributed by atoms with Gasteiger partial charge in [0.25, 0.3) is 0 Å². The summed E-state index contributed by atoms with van der Waals surface area (Å²) in [5.74, 6) is 1.53. The number of hydrogen-bond acceptors (Lipinski definition) is 7. The maximum Gasteiger partial charge on any atom is 0.243 e. The zero-order chi connectivity index (χ0) is 25.3. The molecule has 5 rings (SSSR count). The van der Waals surface area contributed by atoms with Crippen molar-refractivity contribution in [1.82, 2.24) is 14.1 Å². The molecule has 3 aliphatic rings. The number of piperidine rings is 1. The van der Waals surface area contributed by atoms with Gasteiger partial charge in [-0.05, 0) is 56.0 Å². The highest BCUT2D eigenvalue weighted by Gasteiger charge is 2.38. The molecule has 0 aromatic heterocycles.